The first-order valence-corrected chi connectivity index (χ1v) is 6.39. The molecule has 0 spiro atoms. The number of amides is 1. The summed E-state index contributed by atoms with van der Waals surface area (Å²) in [4.78, 5) is 23.9. The Hall–Kier alpha value is -1.62. The molecule has 1 aromatic rings. The summed E-state index contributed by atoms with van der Waals surface area (Å²) in [5.41, 5.74) is -0.400. The number of carbonyl (C=O) groups excluding carboxylic acids is 1. The number of aliphatic carboxylic acids is 1. The van der Waals surface area contributed by atoms with E-state index in [-0.39, 0.29) is 5.91 Å². The Balaban J connectivity index is 2.55. The molecule has 1 rings (SSSR count). The minimum absolute atomic E-state index is 0.00136. The molecular weight excluding hydrogens is 250 g/mol. The molecule has 0 aliphatic carbocycles. The average molecular weight is 267 g/mol. The van der Waals surface area contributed by atoms with E-state index in [9.17, 15) is 9.59 Å². The summed E-state index contributed by atoms with van der Waals surface area (Å²) in [7, 11) is 0. The molecule has 5 heteroatoms. The Kier molecular flexibility index (Phi) is 4.67. The molecule has 0 saturated carbocycles. The fourth-order valence-electron chi connectivity index (χ4n) is 1.17. The second kappa shape index (κ2) is 5.82. The third kappa shape index (κ3) is 4.71. The van der Waals surface area contributed by atoms with Crippen LogP contribution in [-0.4, -0.2) is 17.0 Å². The Morgan fingerprint density at radius 1 is 1.39 bits per heavy atom. The first kappa shape index (κ1) is 14.4. The smallest absolute Gasteiger partial charge is 0.328 e. The van der Waals surface area contributed by atoms with Gasteiger partial charge in [-0.05, 0) is 18.2 Å². The van der Waals surface area contributed by atoms with Gasteiger partial charge in [0.25, 0.3) is 0 Å². The van der Waals surface area contributed by atoms with Crippen LogP contribution in [0.4, 0.5) is 0 Å². The van der Waals surface area contributed by atoms with Crippen molar-refractivity contribution in [2.45, 2.75) is 27.3 Å². The molecule has 0 aliphatic rings. The first-order valence-electron chi connectivity index (χ1n) is 5.57. The van der Waals surface area contributed by atoms with Crippen LogP contribution in [0.3, 0.4) is 0 Å². The van der Waals surface area contributed by atoms with Crippen molar-refractivity contribution in [2.75, 3.05) is 0 Å². The number of rotatable bonds is 4. The lowest BCUT2D eigenvalue weighted by Crippen LogP contribution is -2.34. The number of thiophene rings is 1. The molecule has 0 unspecified atom stereocenters. The molecule has 4 nitrogen and oxygen atoms in total. The molecular formula is C13H17NO3S. The van der Waals surface area contributed by atoms with Gasteiger partial charge in [0.1, 0.15) is 0 Å². The van der Waals surface area contributed by atoms with Gasteiger partial charge in [0.15, 0.2) is 0 Å². The molecule has 18 heavy (non-hydrogen) atoms. The average Bonchev–Trinajstić information content (AvgIpc) is 2.69. The Bertz CT molecular complexity index is 469. The fourth-order valence-corrected chi connectivity index (χ4v) is 2.02. The van der Waals surface area contributed by atoms with Crippen LogP contribution >= 0.6 is 11.3 Å². The zero-order chi connectivity index (χ0) is 13.8. The molecule has 0 fully saturated rings. The van der Waals surface area contributed by atoms with Gasteiger partial charge in [-0.15, -0.1) is 11.3 Å². The summed E-state index contributed by atoms with van der Waals surface area (Å²) in [5.74, 6) is -0.968. The number of carboxylic acids is 1. The largest absolute Gasteiger partial charge is 0.478 e. The van der Waals surface area contributed by atoms with E-state index >= 15 is 0 Å². The highest BCUT2D eigenvalue weighted by Crippen LogP contribution is 2.19. The van der Waals surface area contributed by atoms with Gasteiger partial charge in [0.2, 0.25) is 5.91 Å². The van der Waals surface area contributed by atoms with E-state index in [0.29, 0.717) is 6.54 Å². The van der Waals surface area contributed by atoms with Gasteiger partial charge in [-0.2, -0.15) is 0 Å². The minimum Gasteiger partial charge on any atom is -0.478 e. The van der Waals surface area contributed by atoms with E-state index in [4.69, 9.17) is 5.11 Å². The van der Waals surface area contributed by atoms with Crippen molar-refractivity contribution in [1.82, 2.24) is 5.32 Å². The van der Waals surface area contributed by atoms with Crippen LogP contribution in [0.15, 0.2) is 18.2 Å². The molecule has 98 valence electrons. The lowest BCUT2D eigenvalue weighted by atomic mass is 9.96. The zero-order valence-electron chi connectivity index (χ0n) is 10.7. The van der Waals surface area contributed by atoms with Crippen molar-refractivity contribution >= 4 is 29.3 Å². The molecule has 1 amide bonds. The number of hydrogen-bond donors (Lipinski definition) is 2. The Labute approximate surface area is 110 Å². The first-order chi connectivity index (χ1) is 8.29. The number of nitrogens with one attached hydrogen (secondary N) is 1. The molecule has 1 heterocycles. The second-order valence-corrected chi connectivity index (χ2v) is 6.11. The van der Waals surface area contributed by atoms with Gasteiger partial charge in [0.05, 0.1) is 6.54 Å². The van der Waals surface area contributed by atoms with E-state index in [0.717, 1.165) is 15.8 Å². The van der Waals surface area contributed by atoms with E-state index in [1.807, 2.05) is 32.9 Å². The van der Waals surface area contributed by atoms with Crippen LogP contribution in [0, 0.1) is 5.41 Å². The van der Waals surface area contributed by atoms with Crippen LogP contribution < -0.4 is 5.32 Å². The molecule has 0 bridgehead atoms. The van der Waals surface area contributed by atoms with Gasteiger partial charge in [-0.3, -0.25) is 4.79 Å². The fraction of sp³-hybridized carbons (Fsp3) is 0.385. The van der Waals surface area contributed by atoms with Crippen molar-refractivity contribution < 1.29 is 14.7 Å². The van der Waals surface area contributed by atoms with Crippen molar-refractivity contribution in [3.63, 3.8) is 0 Å². The summed E-state index contributed by atoms with van der Waals surface area (Å²) >= 11 is 1.46. The molecule has 0 radical (unpaired) electrons. The molecule has 2 N–H and O–H groups in total. The molecule has 0 atom stereocenters. The zero-order valence-corrected chi connectivity index (χ0v) is 11.5. The maximum absolute atomic E-state index is 11.7. The number of carboxylic acid groups (broad SMARTS) is 1. The third-order valence-electron chi connectivity index (χ3n) is 2.18. The minimum atomic E-state index is -0.967. The maximum atomic E-state index is 11.7. The van der Waals surface area contributed by atoms with Gasteiger partial charge < -0.3 is 10.4 Å². The Morgan fingerprint density at radius 3 is 2.61 bits per heavy atom. The molecule has 0 aromatic carbocycles. The normalized spacial score (nSPS) is 11.7. The van der Waals surface area contributed by atoms with Gasteiger partial charge in [0, 0.05) is 21.2 Å². The number of carbonyl (C=O) groups is 2. The monoisotopic (exact) mass is 267 g/mol. The lowest BCUT2D eigenvalue weighted by Gasteiger charge is -2.17. The molecule has 1 aromatic heterocycles. The van der Waals surface area contributed by atoms with Crippen LogP contribution in [0.2, 0.25) is 0 Å². The van der Waals surface area contributed by atoms with Crippen molar-refractivity contribution in [3.05, 3.63) is 28.0 Å². The summed E-state index contributed by atoms with van der Waals surface area (Å²) < 4.78 is 0. The van der Waals surface area contributed by atoms with Gasteiger partial charge in [-0.1, -0.05) is 20.8 Å². The Morgan fingerprint density at radius 2 is 2.06 bits per heavy atom. The highest BCUT2D eigenvalue weighted by atomic mass is 32.1. The summed E-state index contributed by atoms with van der Waals surface area (Å²) in [6, 6.07) is 3.72. The second-order valence-electron chi connectivity index (χ2n) is 4.91. The quantitative estimate of drug-likeness (QED) is 0.824. The maximum Gasteiger partial charge on any atom is 0.328 e. The van der Waals surface area contributed by atoms with E-state index in [2.05, 4.69) is 5.32 Å². The van der Waals surface area contributed by atoms with E-state index in [1.54, 1.807) is 6.08 Å². The van der Waals surface area contributed by atoms with Crippen LogP contribution in [0.1, 0.15) is 30.5 Å². The summed E-state index contributed by atoms with van der Waals surface area (Å²) in [6.07, 6.45) is 2.64. The molecule has 0 aliphatic heterocycles. The van der Waals surface area contributed by atoms with E-state index < -0.39 is 11.4 Å². The topological polar surface area (TPSA) is 66.4 Å². The van der Waals surface area contributed by atoms with Crippen molar-refractivity contribution in [1.29, 1.82) is 0 Å². The lowest BCUT2D eigenvalue weighted by molar-refractivity contribution is -0.131. The van der Waals surface area contributed by atoms with E-state index in [1.165, 1.54) is 11.3 Å². The highest BCUT2D eigenvalue weighted by molar-refractivity contribution is 7.12. The third-order valence-corrected chi connectivity index (χ3v) is 3.23. The summed E-state index contributed by atoms with van der Waals surface area (Å²) in [5, 5.41) is 11.4. The number of hydrogen-bond acceptors (Lipinski definition) is 3. The van der Waals surface area contributed by atoms with Crippen LogP contribution in [0.25, 0.3) is 6.08 Å². The van der Waals surface area contributed by atoms with Gasteiger partial charge in [-0.25, -0.2) is 4.79 Å². The summed E-state index contributed by atoms with van der Waals surface area (Å²) in [6.45, 7) is 6.05. The predicted octanol–water partition coefficient (Wildman–Crippen LogP) is 2.51. The standard InChI is InChI=1S/C13H17NO3S/c1-13(2,3)12(17)14-8-10-5-4-9(18-10)6-7-11(15)16/h4-7H,8H2,1-3H3,(H,14,17)(H,15,16). The predicted molar refractivity (Wildman–Crippen MR) is 72.3 cm³/mol. The van der Waals surface area contributed by atoms with Gasteiger partial charge >= 0.3 is 5.97 Å². The van der Waals surface area contributed by atoms with Crippen molar-refractivity contribution in [2.24, 2.45) is 5.41 Å². The van der Waals surface area contributed by atoms with Crippen molar-refractivity contribution in [3.8, 4) is 0 Å². The SMILES string of the molecule is CC(C)(C)C(=O)NCc1ccc(C=CC(=O)O)s1. The van der Waals surface area contributed by atoms with Crippen LogP contribution in [0.5, 0.6) is 0 Å². The highest BCUT2D eigenvalue weighted by Gasteiger charge is 2.20. The van der Waals surface area contributed by atoms with Crippen LogP contribution in [-0.2, 0) is 16.1 Å². The molecule has 0 saturated heterocycles.